The topological polar surface area (TPSA) is 99.1 Å². The summed E-state index contributed by atoms with van der Waals surface area (Å²) >= 11 is 0. The van der Waals surface area contributed by atoms with Crippen LogP contribution in [0.25, 0.3) is 0 Å². The molecule has 0 spiro atoms. The number of ether oxygens (including phenoxy) is 3. The summed E-state index contributed by atoms with van der Waals surface area (Å²) < 4.78 is 39.6. The second-order valence-corrected chi connectivity index (χ2v) is 7.79. The van der Waals surface area contributed by atoms with Crippen molar-refractivity contribution in [3.8, 4) is 11.5 Å². The van der Waals surface area contributed by atoms with Gasteiger partial charge < -0.3 is 19.3 Å². The van der Waals surface area contributed by atoms with Crippen molar-refractivity contribution in [2.45, 2.75) is 11.2 Å². The van der Waals surface area contributed by atoms with Crippen LogP contribution in [0.15, 0.2) is 18.2 Å². The van der Waals surface area contributed by atoms with E-state index in [4.69, 9.17) is 14.2 Å². The van der Waals surface area contributed by atoms with Crippen LogP contribution in [0.1, 0.15) is 11.5 Å². The molecule has 1 N–H and O–H groups in total. The normalized spacial score (nSPS) is 29.4. The van der Waals surface area contributed by atoms with Gasteiger partial charge in [0.2, 0.25) is 6.79 Å². The number of carboxylic acids is 1. The van der Waals surface area contributed by atoms with Crippen molar-refractivity contribution in [3.05, 3.63) is 23.8 Å². The highest BCUT2D eigenvalue weighted by molar-refractivity contribution is 7.91. The largest absolute Gasteiger partial charge is 0.481 e. The fourth-order valence-corrected chi connectivity index (χ4v) is 5.24. The van der Waals surface area contributed by atoms with E-state index in [9.17, 15) is 18.3 Å². The summed E-state index contributed by atoms with van der Waals surface area (Å²) in [5.74, 6) is -0.789. The van der Waals surface area contributed by atoms with Gasteiger partial charge in [0.05, 0.1) is 11.9 Å². The average molecular weight is 328 g/mol. The lowest BCUT2D eigenvalue weighted by atomic mass is 9.99. The van der Waals surface area contributed by atoms with E-state index in [0.717, 1.165) is 6.26 Å². The molecule has 8 heteroatoms. The van der Waals surface area contributed by atoms with E-state index in [1.165, 1.54) is 7.11 Å². The van der Waals surface area contributed by atoms with Crippen molar-refractivity contribution in [1.82, 2.24) is 0 Å². The van der Waals surface area contributed by atoms with Gasteiger partial charge in [-0.2, -0.15) is 0 Å². The maximum atomic E-state index is 12.0. The van der Waals surface area contributed by atoms with Gasteiger partial charge in [0, 0.05) is 19.3 Å². The molecule has 3 rings (SSSR count). The lowest BCUT2D eigenvalue weighted by Crippen LogP contribution is -2.28. The van der Waals surface area contributed by atoms with E-state index in [1.54, 1.807) is 18.2 Å². The number of hydrogen-bond donors (Lipinski definition) is 1. The van der Waals surface area contributed by atoms with Crippen LogP contribution in [0, 0.1) is 5.41 Å². The molecule has 1 aromatic rings. The molecule has 2 aliphatic rings. The second kappa shape index (κ2) is 4.85. The number of sulfone groups is 1. The fourth-order valence-electron chi connectivity index (χ4n) is 3.34. The summed E-state index contributed by atoms with van der Waals surface area (Å²) in [6.45, 7) is -0.0692. The van der Waals surface area contributed by atoms with E-state index < -0.39 is 32.4 Å². The Bertz CT molecular complexity index is 727. The third-order valence-electron chi connectivity index (χ3n) is 4.25. The number of aliphatic carboxylic acids is 1. The Kier molecular flexibility index (Phi) is 3.33. The molecule has 22 heavy (non-hydrogen) atoms. The van der Waals surface area contributed by atoms with E-state index in [-0.39, 0.29) is 13.4 Å². The molecular weight excluding hydrogens is 312 g/mol. The van der Waals surface area contributed by atoms with Crippen molar-refractivity contribution < 1.29 is 32.5 Å². The lowest BCUT2D eigenvalue weighted by Gasteiger charge is -2.11. The van der Waals surface area contributed by atoms with Crippen LogP contribution in [0.4, 0.5) is 0 Å². The first-order valence-electron chi connectivity index (χ1n) is 6.63. The molecule has 0 unspecified atom stereocenters. The Morgan fingerprint density at radius 1 is 1.41 bits per heavy atom. The third-order valence-corrected chi connectivity index (χ3v) is 5.87. The SMILES string of the molecule is COC[C@@]1(C(=O)O)[C@@H](c2ccc3c(c2)OCO3)[C@@H]1S(C)(=O)=O. The van der Waals surface area contributed by atoms with Gasteiger partial charge in [0.25, 0.3) is 0 Å². The Morgan fingerprint density at radius 3 is 2.68 bits per heavy atom. The number of fused-ring (bicyclic) bond motifs is 1. The van der Waals surface area contributed by atoms with Crippen molar-refractivity contribution in [3.63, 3.8) is 0 Å². The highest BCUT2D eigenvalue weighted by atomic mass is 32.2. The van der Waals surface area contributed by atoms with Gasteiger partial charge in [-0.05, 0) is 17.7 Å². The Labute approximate surface area is 127 Å². The number of benzene rings is 1. The molecule has 3 atom stereocenters. The summed E-state index contributed by atoms with van der Waals surface area (Å²) in [5.41, 5.74) is -0.866. The lowest BCUT2D eigenvalue weighted by molar-refractivity contribution is -0.145. The predicted octanol–water partition coefficient (Wildman–Crippen LogP) is 0.643. The number of rotatable bonds is 5. The minimum absolute atomic E-state index is 0.0983. The number of hydrogen-bond acceptors (Lipinski definition) is 6. The zero-order chi connectivity index (χ0) is 16.1. The summed E-state index contributed by atoms with van der Waals surface area (Å²) in [7, 11) is -2.19. The van der Waals surface area contributed by atoms with Crippen molar-refractivity contribution >= 4 is 15.8 Å². The maximum Gasteiger partial charge on any atom is 0.314 e. The van der Waals surface area contributed by atoms with Crippen LogP contribution in [-0.2, 0) is 19.4 Å². The summed E-state index contributed by atoms with van der Waals surface area (Å²) in [6.07, 6.45) is 1.05. The van der Waals surface area contributed by atoms with Crippen LogP contribution >= 0.6 is 0 Å². The third kappa shape index (κ3) is 2.05. The standard InChI is InChI=1S/C14H16O7S/c1-19-6-14(13(15)16)11(12(14)22(2,17)18)8-3-4-9-10(5-8)21-7-20-9/h3-5,11-12H,6-7H2,1-2H3,(H,15,16)/t11-,12-,14+/m0/s1. The van der Waals surface area contributed by atoms with Crippen LogP contribution in [-0.4, -0.2) is 51.5 Å². The van der Waals surface area contributed by atoms with E-state index in [2.05, 4.69) is 0 Å². The molecule has 0 aromatic heterocycles. The number of carboxylic acid groups (broad SMARTS) is 1. The molecule has 0 amide bonds. The van der Waals surface area contributed by atoms with Gasteiger partial charge in [-0.25, -0.2) is 8.42 Å². The zero-order valence-corrected chi connectivity index (χ0v) is 12.9. The zero-order valence-electron chi connectivity index (χ0n) is 12.1. The monoisotopic (exact) mass is 328 g/mol. The van der Waals surface area contributed by atoms with Crippen LogP contribution in [0.5, 0.6) is 11.5 Å². The van der Waals surface area contributed by atoms with E-state index in [1.807, 2.05) is 0 Å². The van der Waals surface area contributed by atoms with Crippen LogP contribution < -0.4 is 9.47 Å². The molecule has 120 valence electrons. The number of carbonyl (C=O) groups is 1. The molecule has 1 saturated carbocycles. The Hall–Kier alpha value is -1.80. The van der Waals surface area contributed by atoms with E-state index >= 15 is 0 Å². The summed E-state index contributed by atoms with van der Waals surface area (Å²) in [4.78, 5) is 11.7. The molecule has 0 saturated heterocycles. The first kappa shape index (κ1) is 15.1. The molecule has 1 fully saturated rings. The summed E-state index contributed by atoms with van der Waals surface area (Å²) in [6, 6.07) is 4.98. The molecule has 1 aliphatic carbocycles. The van der Waals surface area contributed by atoms with Crippen molar-refractivity contribution in [1.29, 1.82) is 0 Å². The van der Waals surface area contributed by atoms with Gasteiger partial charge in [-0.3, -0.25) is 4.79 Å². The molecule has 1 aliphatic heterocycles. The maximum absolute atomic E-state index is 12.0. The van der Waals surface area contributed by atoms with Crippen molar-refractivity contribution in [2.75, 3.05) is 26.8 Å². The minimum atomic E-state index is -3.55. The van der Waals surface area contributed by atoms with Gasteiger partial charge in [-0.1, -0.05) is 6.07 Å². The van der Waals surface area contributed by atoms with Crippen LogP contribution in [0.3, 0.4) is 0 Å². The number of methoxy groups -OCH3 is 1. The Balaban J connectivity index is 2.06. The first-order valence-corrected chi connectivity index (χ1v) is 8.58. The smallest absolute Gasteiger partial charge is 0.314 e. The highest BCUT2D eigenvalue weighted by Crippen LogP contribution is 2.63. The summed E-state index contributed by atoms with van der Waals surface area (Å²) in [5, 5.41) is 8.58. The molecule has 0 bridgehead atoms. The van der Waals surface area contributed by atoms with Gasteiger partial charge in [0.15, 0.2) is 21.3 Å². The average Bonchev–Trinajstić information content (AvgIpc) is 2.91. The molecular formula is C14H16O7S. The van der Waals surface area contributed by atoms with Gasteiger partial charge in [-0.15, -0.1) is 0 Å². The molecule has 1 heterocycles. The quantitative estimate of drug-likeness (QED) is 0.847. The van der Waals surface area contributed by atoms with Crippen molar-refractivity contribution in [2.24, 2.45) is 5.41 Å². The van der Waals surface area contributed by atoms with E-state index in [0.29, 0.717) is 17.1 Å². The van der Waals surface area contributed by atoms with Gasteiger partial charge >= 0.3 is 5.97 Å². The fraction of sp³-hybridized carbons (Fsp3) is 0.500. The predicted molar refractivity (Wildman–Crippen MR) is 75.9 cm³/mol. The Morgan fingerprint density at radius 2 is 2.09 bits per heavy atom. The minimum Gasteiger partial charge on any atom is -0.481 e. The van der Waals surface area contributed by atoms with Gasteiger partial charge in [0.1, 0.15) is 5.41 Å². The highest BCUT2D eigenvalue weighted by Gasteiger charge is 2.75. The first-order chi connectivity index (χ1) is 10.3. The molecule has 0 radical (unpaired) electrons. The molecule has 1 aromatic carbocycles. The molecule has 7 nitrogen and oxygen atoms in total. The second-order valence-electron chi connectivity index (χ2n) is 5.62. The van der Waals surface area contributed by atoms with Crippen LogP contribution in [0.2, 0.25) is 0 Å².